The molecule has 1 unspecified atom stereocenters. The molecule has 0 rings (SSSR count). The number of hydrogen-bond acceptors (Lipinski definition) is 1. The standard InChI is InChI=1S/C15H31O.H3N/c1-6-10-14(5,16)15(11-7-2,12-8-3)13-9-4;/h6-13H2,1-5H3;1H3/q-1;/p+1. The first kappa shape index (κ1) is 19.3. The summed E-state index contributed by atoms with van der Waals surface area (Å²) in [6.07, 6.45) is 8.58. The van der Waals surface area contributed by atoms with Crippen molar-refractivity contribution in [3.8, 4) is 0 Å². The molecule has 0 bridgehead atoms. The second kappa shape index (κ2) is 8.93. The second-order valence-electron chi connectivity index (χ2n) is 5.51. The summed E-state index contributed by atoms with van der Waals surface area (Å²) in [4.78, 5) is 0. The third-order valence-corrected chi connectivity index (χ3v) is 4.03. The molecule has 0 aliphatic carbocycles. The summed E-state index contributed by atoms with van der Waals surface area (Å²) in [5.41, 5.74) is -0.689. The Balaban J connectivity index is 0. The van der Waals surface area contributed by atoms with E-state index in [9.17, 15) is 5.11 Å². The van der Waals surface area contributed by atoms with E-state index in [-0.39, 0.29) is 11.6 Å². The summed E-state index contributed by atoms with van der Waals surface area (Å²) in [6, 6.07) is 0. The highest BCUT2D eigenvalue weighted by Crippen LogP contribution is 2.45. The molecule has 0 aliphatic rings. The van der Waals surface area contributed by atoms with Crippen molar-refractivity contribution >= 4 is 0 Å². The van der Waals surface area contributed by atoms with Crippen LogP contribution in [0.1, 0.15) is 86.0 Å². The lowest BCUT2D eigenvalue weighted by Crippen LogP contribution is -2.55. The molecule has 0 heterocycles. The van der Waals surface area contributed by atoms with Gasteiger partial charge in [0.05, 0.1) is 0 Å². The summed E-state index contributed by atoms with van der Waals surface area (Å²) in [5.74, 6) is 0. The maximum atomic E-state index is 12.9. The fourth-order valence-electron chi connectivity index (χ4n) is 3.35. The van der Waals surface area contributed by atoms with Crippen LogP contribution in [0.2, 0.25) is 0 Å². The molecule has 0 aromatic heterocycles. The molecule has 0 aromatic carbocycles. The SMILES string of the molecule is CCCC(C)([O-])C(CCC)(CCC)CCC.[NH4+]. The Morgan fingerprint density at radius 1 is 0.706 bits per heavy atom. The summed E-state index contributed by atoms with van der Waals surface area (Å²) >= 11 is 0. The number of quaternary nitrogens is 1. The molecular weight excluding hydrogens is 210 g/mol. The molecule has 0 aliphatic heterocycles. The maximum absolute atomic E-state index is 12.9. The quantitative estimate of drug-likeness (QED) is 0.630. The number of hydrogen-bond donors (Lipinski definition) is 1. The van der Waals surface area contributed by atoms with Crippen LogP contribution in [0.5, 0.6) is 0 Å². The summed E-state index contributed by atoms with van der Waals surface area (Å²) in [6.45, 7) is 10.7. The third-order valence-electron chi connectivity index (χ3n) is 4.03. The van der Waals surface area contributed by atoms with Crippen LogP contribution in [0.15, 0.2) is 0 Å². The predicted molar refractivity (Wildman–Crippen MR) is 76.5 cm³/mol. The Hall–Kier alpha value is -0.0800. The van der Waals surface area contributed by atoms with E-state index in [1.165, 1.54) is 0 Å². The van der Waals surface area contributed by atoms with E-state index in [0.717, 1.165) is 51.4 Å². The first-order chi connectivity index (χ1) is 7.49. The van der Waals surface area contributed by atoms with Gasteiger partial charge in [-0.25, -0.2) is 0 Å². The Kier molecular flexibility index (Phi) is 10.1. The van der Waals surface area contributed by atoms with Gasteiger partial charge < -0.3 is 11.3 Å². The first-order valence-electron chi connectivity index (χ1n) is 7.20. The summed E-state index contributed by atoms with van der Waals surface area (Å²) in [7, 11) is 0. The summed E-state index contributed by atoms with van der Waals surface area (Å²) < 4.78 is 0. The van der Waals surface area contributed by atoms with E-state index in [2.05, 4.69) is 27.7 Å². The Labute approximate surface area is 109 Å². The second-order valence-corrected chi connectivity index (χ2v) is 5.51. The third kappa shape index (κ3) is 4.97. The lowest BCUT2D eigenvalue weighted by Gasteiger charge is -2.56. The van der Waals surface area contributed by atoms with Gasteiger partial charge >= 0.3 is 0 Å². The highest BCUT2D eigenvalue weighted by Gasteiger charge is 2.36. The van der Waals surface area contributed by atoms with Crippen molar-refractivity contribution in [1.29, 1.82) is 0 Å². The molecule has 4 N–H and O–H groups in total. The minimum atomic E-state index is -0.732. The van der Waals surface area contributed by atoms with E-state index in [1.54, 1.807) is 0 Å². The first-order valence-corrected chi connectivity index (χ1v) is 7.20. The van der Waals surface area contributed by atoms with Crippen LogP contribution in [-0.2, 0) is 0 Å². The van der Waals surface area contributed by atoms with Crippen molar-refractivity contribution in [3.63, 3.8) is 0 Å². The molecule has 0 saturated heterocycles. The molecular formula is C15H35NO. The monoisotopic (exact) mass is 245 g/mol. The zero-order chi connectivity index (χ0) is 12.7. The van der Waals surface area contributed by atoms with Gasteiger partial charge in [0.25, 0.3) is 0 Å². The zero-order valence-corrected chi connectivity index (χ0v) is 13.1. The molecule has 0 saturated carbocycles. The van der Waals surface area contributed by atoms with Crippen LogP contribution in [0.4, 0.5) is 0 Å². The largest absolute Gasteiger partial charge is 0.849 e. The predicted octanol–water partition coefficient (Wildman–Crippen LogP) is 4.67. The van der Waals surface area contributed by atoms with Crippen molar-refractivity contribution in [3.05, 3.63) is 0 Å². The lowest BCUT2D eigenvalue weighted by molar-refractivity contribution is -0.506. The van der Waals surface area contributed by atoms with Gasteiger partial charge in [0, 0.05) is 0 Å². The molecule has 0 aromatic rings. The number of rotatable bonds is 9. The Morgan fingerprint density at radius 2 is 1.00 bits per heavy atom. The average molecular weight is 245 g/mol. The minimum absolute atomic E-state index is 0. The van der Waals surface area contributed by atoms with E-state index in [4.69, 9.17) is 0 Å². The topological polar surface area (TPSA) is 59.6 Å². The Bertz CT molecular complexity index is 161. The molecule has 1 atom stereocenters. The molecule has 0 radical (unpaired) electrons. The normalized spacial score (nSPS) is 15.2. The zero-order valence-electron chi connectivity index (χ0n) is 13.1. The van der Waals surface area contributed by atoms with E-state index in [0.29, 0.717) is 0 Å². The summed E-state index contributed by atoms with van der Waals surface area (Å²) in [5, 5.41) is 12.9. The van der Waals surface area contributed by atoms with E-state index >= 15 is 0 Å². The van der Waals surface area contributed by atoms with Crippen LogP contribution < -0.4 is 11.3 Å². The molecule has 0 amide bonds. The van der Waals surface area contributed by atoms with Gasteiger partial charge in [-0.1, -0.05) is 66.7 Å². The van der Waals surface area contributed by atoms with Gasteiger partial charge in [-0.15, -0.1) is 5.60 Å². The Morgan fingerprint density at radius 3 is 1.24 bits per heavy atom. The van der Waals surface area contributed by atoms with Gasteiger partial charge in [0.2, 0.25) is 0 Å². The minimum Gasteiger partial charge on any atom is -0.849 e. The molecule has 0 fully saturated rings. The fraction of sp³-hybridized carbons (Fsp3) is 1.00. The van der Waals surface area contributed by atoms with Crippen LogP contribution in [0.3, 0.4) is 0 Å². The smallest absolute Gasteiger partial charge is 0.0397 e. The van der Waals surface area contributed by atoms with Gasteiger partial charge in [-0.3, -0.25) is 0 Å². The molecule has 17 heavy (non-hydrogen) atoms. The van der Waals surface area contributed by atoms with E-state index < -0.39 is 5.60 Å². The lowest BCUT2D eigenvalue weighted by atomic mass is 9.63. The molecule has 106 valence electrons. The molecule has 0 spiro atoms. The average Bonchev–Trinajstić information content (AvgIpc) is 2.18. The van der Waals surface area contributed by atoms with Crippen molar-refractivity contribution in [2.75, 3.05) is 0 Å². The van der Waals surface area contributed by atoms with Crippen molar-refractivity contribution in [1.82, 2.24) is 6.15 Å². The van der Waals surface area contributed by atoms with Crippen LogP contribution in [0.25, 0.3) is 0 Å². The van der Waals surface area contributed by atoms with Gasteiger partial charge in [-0.05, 0) is 24.7 Å². The molecule has 2 nitrogen and oxygen atoms in total. The maximum Gasteiger partial charge on any atom is -0.0397 e. The van der Waals surface area contributed by atoms with Crippen molar-refractivity contribution < 1.29 is 5.11 Å². The van der Waals surface area contributed by atoms with Gasteiger partial charge in [0.1, 0.15) is 0 Å². The van der Waals surface area contributed by atoms with Crippen molar-refractivity contribution in [2.45, 2.75) is 91.6 Å². The van der Waals surface area contributed by atoms with E-state index in [1.807, 2.05) is 6.92 Å². The fourth-order valence-corrected chi connectivity index (χ4v) is 3.35. The van der Waals surface area contributed by atoms with Crippen LogP contribution in [0, 0.1) is 5.41 Å². The van der Waals surface area contributed by atoms with Crippen LogP contribution in [-0.4, -0.2) is 5.60 Å². The van der Waals surface area contributed by atoms with Gasteiger partial charge in [0.15, 0.2) is 0 Å². The van der Waals surface area contributed by atoms with Gasteiger partial charge in [-0.2, -0.15) is 0 Å². The highest BCUT2D eigenvalue weighted by atomic mass is 16.3. The van der Waals surface area contributed by atoms with Crippen molar-refractivity contribution in [2.24, 2.45) is 5.41 Å². The molecule has 2 heteroatoms. The van der Waals surface area contributed by atoms with Crippen LogP contribution >= 0.6 is 0 Å². The highest BCUT2D eigenvalue weighted by molar-refractivity contribution is 4.94.